The van der Waals surface area contributed by atoms with Gasteiger partial charge in [-0.25, -0.2) is 0 Å². The normalized spacial score (nSPS) is 21.0. The summed E-state index contributed by atoms with van der Waals surface area (Å²) < 4.78 is 6.11. The fraction of sp³-hybridized carbons (Fsp3) is 0.500. The van der Waals surface area contributed by atoms with Gasteiger partial charge in [0.25, 0.3) is 0 Å². The summed E-state index contributed by atoms with van der Waals surface area (Å²) >= 11 is 1.35. The molecule has 2 aliphatic heterocycles. The molecule has 2 unspecified atom stereocenters. The molecule has 1 aromatic heterocycles. The summed E-state index contributed by atoms with van der Waals surface area (Å²) in [6, 6.07) is 13.5. The number of rotatable bonds is 7. The van der Waals surface area contributed by atoms with E-state index in [-0.39, 0.29) is 43.0 Å². The number of hydrogen-bond donors (Lipinski definition) is 3. The van der Waals surface area contributed by atoms with Crippen LogP contribution in [0.5, 0.6) is 5.75 Å². The molecule has 3 atom stereocenters. The summed E-state index contributed by atoms with van der Waals surface area (Å²) in [5.41, 5.74) is 2.96. The highest BCUT2D eigenvalue weighted by Gasteiger charge is 2.32. The molecule has 3 N–H and O–H groups in total. The number of aromatic nitrogens is 2. The van der Waals surface area contributed by atoms with Gasteiger partial charge in [0.2, 0.25) is 23.6 Å². The van der Waals surface area contributed by atoms with Gasteiger partial charge in [-0.05, 0) is 73.8 Å². The molecule has 3 aromatic rings. The molecule has 4 bridgehead atoms. The van der Waals surface area contributed by atoms with Gasteiger partial charge in [0.1, 0.15) is 27.8 Å². The van der Waals surface area contributed by atoms with Gasteiger partial charge in [0.05, 0.1) is 19.4 Å². The smallest absolute Gasteiger partial charge is 0.243 e. The molecule has 2 aliphatic rings. The fourth-order valence-electron chi connectivity index (χ4n) is 6.07. The first-order valence-corrected chi connectivity index (χ1v) is 17.7. The number of nitrogens with one attached hydrogen (secondary N) is 3. The van der Waals surface area contributed by atoms with E-state index in [2.05, 4.69) is 26.1 Å². The van der Waals surface area contributed by atoms with Gasteiger partial charge < -0.3 is 25.6 Å². The first-order chi connectivity index (χ1) is 23.1. The minimum atomic E-state index is -1.17. The van der Waals surface area contributed by atoms with E-state index in [1.807, 2.05) is 69.3 Å². The number of amides is 4. The van der Waals surface area contributed by atoms with Crippen LogP contribution >= 0.6 is 11.3 Å². The summed E-state index contributed by atoms with van der Waals surface area (Å²) in [5, 5.41) is 18.3. The zero-order valence-electron chi connectivity index (χ0n) is 28.0. The molecule has 1 saturated heterocycles. The predicted molar refractivity (Wildman–Crippen MR) is 183 cm³/mol. The van der Waals surface area contributed by atoms with E-state index in [1.165, 1.54) is 11.3 Å². The van der Waals surface area contributed by atoms with Crippen molar-refractivity contribution in [1.29, 1.82) is 0 Å². The van der Waals surface area contributed by atoms with Crippen LogP contribution in [0.1, 0.15) is 78.6 Å². The van der Waals surface area contributed by atoms with E-state index in [0.29, 0.717) is 37.5 Å². The summed E-state index contributed by atoms with van der Waals surface area (Å²) in [5.74, 6) is -0.405. The predicted octanol–water partition coefficient (Wildman–Crippen LogP) is 3.84. The minimum Gasteiger partial charge on any atom is -0.494 e. The molecule has 0 aliphatic carbocycles. The number of carbonyl (C=O) groups is 4. The Kier molecular flexibility index (Phi) is 12.2. The molecule has 48 heavy (non-hydrogen) atoms. The number of piperidine rings is 1. The topological polar surface area (TPSA) is 143 Å². The lowest BCUT2D eigenvalue weighted by molar-refractivity contribution is -0.138. The lowest BCUT2D eigenvalue weighted by atomic mass is 9.94. The van der Waals surface area contributed by atoms with Gasteiger partial charge in [-0.1, -0.05) is 50.2 Å². The maximum absolute atomic E-state index is 14.0. The Morgan fingerprint density at radius 1 is 1.08 bits per heavy atom. The van der Waals surface area contributed by atoms with Crippen molar-refractivity contribution >= 4 is 35.0 Å². The lowest BCUT2D eigenvalue weighted by Gasteiger charge is -2.34. The molecule has 0 saturated carbocycles. The van der Waals surface area contributed by atoms with Gasteiger partial charge in [0, 0.05) is 25.6 Å². The van der Waals surface area contributed by atoms with Crippen molar-refractivity contribution in [1.82, 2.24) is 31.0 Å². The highest BCUT2D eigenvalue weighted by Crippen LogP contribution is 2.23. The quantitative estimate of drug-likeness (QED) is 0.346. The molecule has 0 spiro atoms. The zero-order chi connectivity index (χ0) is 34.0. The number of nitrogens with zero attached hydrogens (tertiary/aromatic N) is 3. The SMILES string of the molecule is Cc1ccc2cc1CNC(=O)C(CCc1ccccc1)NC(=O)[C@@H](NC(=O)Cc1nnc(C(C)C)s1)CC(=O)N1CCCC(CCO2)C1. The Morgan fingerprint density at radius 2 is 1.90 bits per heavy atom. The second-order valence-corrected chi connectivity index (χ2v) is 14.2. The van der Waals surface area contributed by atoms with E-state index in [9.17, 15) is 19.2 Å². The molecule has 4 amide bonds. The van der Waals surface area contributed by atoms with Crippen molar-refractivity contribution < 1.29 is 23.9 Å². The van der Waals surface area contributed by atoms with E-state index in [1.54, 1.807) is 4.90 Å². The van der Waals surface area contributed by atoms with Crippen molar-refractivity contribution in [2.24, 2.45) is 5.92 Å². The van der Waals surface area contributed by atoms with Gasteiger partial charge in [0.15, 0.2) is 0 Å². The van der Waals surface area contributed by atoms with Gasteiger partial charge in [-0.15, -0.1) is 21.5 Å². The van der Waals surface area contributed by atoms with Crippen LogP contribution in [-0.2, 0) is 38.6 Å². The number of benzene rings is 2. The first kappa shape index (κ1) is 35.0. The maximum Gasteiger partial charge on any atom is 0.243 e. The first-order valence-electron chi connectivity index (χ1n) is 16.9. The lowest BCUT2D eigenvalue weighted by Crippen LogP contribution is -2.55. The second-order valence-electron chi connectivity index (χ2n) is 13.1. The number of ether oxygens (including phenoxy) is 1. The third-order valence-electron chi connectivity index (χ3n) is 8.96. The average molecular weight is 675 g/mol. The van der Waals surface area contributed by atoms with Gasteiger partial charge in [-0.3, -0.25) is 19.2 Å². The van der Waals surface area contributed by atoms with Gasteiger partial charge in [-0.2, -0.15) is 0 Å². The van der Waals surface area contributed by atoms with Crippen molar-refractivity contribution in [3.8, 4) is 5.75 Å². The third kappa shape index (κ3) is 9.85. The monoisotopic (exact) mass is 674 g/mol. The summed E-state index contributed by atoms with van der Waals surface area (Å²) in [7, 11) is 0. The van der Waals surface area contributed by atoms with E-state index < -0.39 is 23.9 Å². The number of hydrogen-bond acceptors (Lipinski definition) is 8. The Balaban J connectivity index is 1.39. The van der Waals surface area contributed by atoms with Crippen LogP contribution in [0.4, 0.5) is 0 Å². The Morgan fingerprint density at radius 3 is 2.67 bits per heavy atom. The minimum absolute atomic E-state index is 0.0650. The highest BCUT2D eigenvalue weighted by molar-refractivity contribution is 7.11. The molecule has 0 radical (unpaired) electrons. The van der Waals surface area contributed by atoms with Crippen molar-refractivity contribution in [3.05, 3.63) is 75.2 Å². The third-order valence-corrected chi connectivity index (χ3v) is 10.2. The molecular weight excluding hydrogens is 628 g/mol. The Hall–Kier alpha value is -4.32. The van der Waals surface area contributed by atoms with Crippen molar-refractivity contribution in [2.45, 2.75) is 90.3 Å². The standard InChI is InChI=1S/C36H46N6O5S/c1-23(2)36-41-40-32(48-36)20-31(43)38-30-19-33(44)42-16-7-10-26(22-42)15-17-47-28-13-11-24(3)27(18-28)21-37-34(45)29(39-35(30)46)14-12-25-8-5-4-6-9-25/h4-6,8-9,11,13,18,23,26,29-30H,7,10,12,14-17,19-22H2,1-3H3,(H,37,45)(H,38,43)(H,39,46)/t26?,29?,30-/m0/s1. The molecule has 1 fully saturated rings. The van der Waals surface area contributed by atoms with Crippen molar-refractivity contribution in [3.63, 3.8) is 0 Å². The largest absolute Gasteiger partial charge is 0.494 e. The fourth-order valence-corrected chi connectivity index (χ4v) is 6.91. The van der Waals surface area contributed by atoms with Crippen LogP contribution in [0, 0.1) is 12.8 Å². The average Bonchev–Trinajstić information content (AvgIpc) is 3.55. The van der Waals surface area contributed by atoms with Gasteiger partial charge >= 0.3 is 0 Å². The highest BCUT2D eigenvalue weighted by atomic mass is 32.1. The van der Waals surface area contributed by atoms with Crippen molar-refractivity contribution in [2.75, 3.05) is 19.7 Å². The van der Waals surface area contributed by atoms with E-state index >= 15 is 0 Å². The molecular formula is C36H46N6O5S. The van der Waals surface area contributed by atoms with E-state index in [0.717, 1.165) is 46.7 Å². The molecule has 5 rings (SSSR count). The van der Waals surface area contributed by atoms with Crippen LogP contribution in [0.15, 0.2) is 48.5 Å². The summed E-state index contributed by atoms with van der Waals surface area (Å²) in [6.07, 6.45) is 3.22. The van der Waals surface area contributed by atoms with Crippen LogP contribution < -0.4 is 20.7 Å². The van der Waals surface area contributed by atoms with E-state index in [4.69, 9.17) is 4.74 Å². The Bertz CT molecular complexity index is 1580. The van der Waals surface area contributed by atoms with Crippen LogP contribution in [-0.4, -0.2) is 70.5 Å². The summed E-state index contributed by atoms with van der Waals surface area (Å²) in [6.45, 7) is 7.91. The number of aryl methyl sites for hydroxylation is 2. The van der Waals surface area contributed by atoms with Crippen LogP contribution in [0.2, 0.25) is 0 Å². The maximum atomic E-state index is 14.0. The van der Waals surface area contributed by atoms with Crippen LogP contribution in [0.3, 0.4) is 0 Å². The number of carbonyl (C=O) groups excluding carboxylic acids is 4. The zero-order valence-corrected chi connectivity index (χ0v) is 28.8. The Labute approximate surface area is 286 Å². The molecule has 11 nitrogen and oxygen atoms in total. The summed E-state index contributed by atoms with van der Waals surface area (Å²) in [4.78, 5) is 56.3. The van der Waals surface area contributed by atoms with Crippen LogP contribution in [0.25, 0.3) is 0 Å². The number of fused-ring (bicyclic) bond motifs is 4. The molecule has 2 aromatic carbocycles. The second kappa shape index (κ2) is 16.7. The molecule has 3 heterocycles. The molecule has 256 valence electrons. The molecule has 12 heteroatoms.